The Kier molecular flexibility index (Phi) is 3.52. The molecule has 15 heavy (non-hydrogen) atoms. The molecule has 1 aromatic carbocycles. The molecule has 0 amide bonds. The zero-order valence-electron chi connectivity index (χ0n) is 7.38. The zero-order valence-corrected chi connectivity index (χ0v) is 8.14. The van der Waals surface area contributed by atoms with E-state index in [-0.39, 0.29) is 5.03 Å². The normalized spacial score (nSPS) is 12.7. The van der Waals surface area contributed by atoms with Gasteiger partial charge in [-0.2, -0.15) is 13.2 Å². The molecule has 0 unspecified atom stereocenters. The van der Waals surface area contributed by atoms with Crippen molar-refractivity contribution >= 4 is 22.4 Å². The molecule has 0 bridgehead atoms. The van der Waals surface area contributed by atoms with Crippen LogP contribution in [0.5, 0.6) is 0 Å². The first-order valence-electron chi connectivity index (χ1n) is 3.95. The summed E-state index contributed by atoms with van der Waals surface area (Å²) >= 11 is 5.55. The van der Waals surface area contributed by atoms with E-state index in [4.69, 9.17) is 11.6 Å². The Morgan fingerprint density at radius 1 is 1.20 bits per heavy atom. The van der Waals surface area contributed by atoms with Crippen LogP contribution in [0.2, 0.25) is 0 Å². The van der Waals surface area contributed by atoms with Gasteiger partial charge >= 0.3 is 6.18 Å². The largest absolute Gasteiger partial charge is 0.454 e. The lowest BCUT2D eigenvalue weighted by atomic mass is 10.2. The average molecular weight is 235 g/mol. The van der Waals surface area contributed by atoms with Gasteiger partial charge < -0.3 is 0 Å². The highest BCUT2D eigenvalue weighted by Gasteiger charge is 2.36. The predicted molar refractivity (Wildman–Crippen MR) is 51.3 cm³/mol. The number of rotatable bonds is 2. The van der Waals surface area contributed by atoms with Gasteiger partial charge in [0.1, 0.15) is 0 Å². The van der Waals surface area contributed by atoms with Gasteiger partial charge in [0.05, 0.1) is 5.03 Å². The van der Waals surface area contributed by atoms with Gasteiger partial charge in [-0.05, 0) is 5.56 Å². The molecule has 5 heteroatoms. The van der Waals surface area contributed by atoms with Crippen molar-refractivity contribution in [1.82, 2.24) is 0 Å². The van der Waals surface area contributed by atoms with Crippen LogP contribution >= 0.6 is 11.6 Å². The van der Waals surface area contributed by atoms with Crippen molar-refractivity contribution in [1.29, 1.82) is 0 Å². The Morgan fingerprint density at radius 2 is 1.73 bits per heavy atom. The molecule has 0 aliphatic carbocycles. The van der Waals surface area contributed by atoms with Crippen LogP contribution in [0.1, 0.15) is 5.56 Å². The Hall–Kier alpha value is -1.29. The number of halogens is 4. The third-order valence-corrected chi connectivity index (χ3v) is 1.91. The van der Waals surface area contributed by atoms with Gasteiger partial charge in [-0.25, -0.2) is 0 Å². The van der Waals surface area contributed by atoms with Crippen molar-refractivity contribution in [2.75, 3.05) is 0 Å². The molecule has 1 aromatic rings. The van der Waals surface area contributed by atoms with Crippen LogP contribution in [-0.2, 0) is 4.79 Å². The minimum Gasteiger partial charge on any atom is -0.285 e. The Morgan fingerprint density at radius 3 is 2.20 bits per heavy atom. The van der Waals surface area contributed by atoms with Gasteiger partial charge in [-0.15, -0.1) is 0 Å². The summed E-state index contributed by atoms with van der Waals surface area (Å²) in [5, 5.41) is -0.224. The number of alkyl halides is 3. The molecule has 0 atom stereocenters. The molecular formula is C10H6ClF3O. The van der Waals surface area contributed by atoms with Gasteiger partial charge in [0.2, 0.25) is 0 Å². The fourth-order valence-corrected chi connectivity index (χ4v) is 1.10. The van der Waals surface area contributed by atoms with Crippen molar-refractivity contribution in [3.05, 3.63) is 42.0 Å². The molecule has 0 fully saturated rings. The Labute approximate surface area is 89.2 Å². The fourth-order valence-electron chi connectivity index (χ4n) is 0.878. The summed E-state index contributed by atoms with van der Waals surface area (Å²) in [5.74, 6) is -1.96. The van der Waals surface area contributed by atoms with Crippen molar-refractivity contribution in [3.63, 3.8) is 0 Å². The van der Waals surface area contributed by atoms with E-state index in [1.54, 1.807) is 18.2 Å². The summed E-state index contributed by atoms with van der Waals surface area (Å²) in [4.78, 5) is 10.6. The summed E-state index contributed by atoms with van der Waals surface area (Å²) in [5.41, 5.74) is 0.372. The number of hydrogen-bond acceptors (Lipinski definition) is 1. The number of ketones is 1. The van der Waals surface area contributed by atoms with Gasteiger partial charge in [-0.1, -0.05) is 41.9 Å². The molecule has 0 aliphatic heterocycles. The first-order valence-corrected chi connectivity index (χ1v) is 4.33. The maximum absolute atomic E-state index is 11.9. The molecule has 0 spiro atoms. The number of carbonyl (C=O) groups excluding carboxylic acids is 1. The van der Waals surface area contributed by atoms with E-state index in [1.807, 2.05) is 0 Å². The molecule has 80 valence electrons. The van der Waals surface area contributed by atoms with Crippen LogP contribution in [0, 0.1) is 0 Å². The first-order chi connectivity index (χ1) is 6.91. The third kappa shape index (κ3) is 3.40. The maximum atomic E-state index is 11.9. The summed E-state index contributed by atoms with van der Waals surface area (Å²) in [6.07, 6.45) is -4.51. The highest BCUT2D eigenvalue weighted by molar-refractivity contribution is 6.50. The molecule has 1 nitrogen and oxygen atoms in total. The topological polar surface area (TPSA) is 17.1 Å². The first kappa shape index (κ1) is 11.8. The Bertz CT molecular complexity index is 381. The van der Waals surface area contributed by atoms with E-state index < -0.39 is 12.0 Å². The van der Waals surface area contributed by atoms with E-state index >= 15 is 0 Å². The van der Waals surface area contributed by atoms with Crippen molar-refractivity contribution in [2.45, 2.75) is 6.18 Å². The smallest absolute Gasteiger partial charge is 0.285 e. The maximum Gasteiger partial charge on any atom is 0.454 e. The zero-order chi connectivity index (χ0) is 11.5. The standard InChI is InChI=1S/C10H6ClF3O/c11-8(6-9(15)10(12,13)14)7-4-2-1-3-5-7/h1-6H. The Balaban J connectivity index is 2.91. The highest BCUT2D eigenvalue weighted by Crippen LogP contribution is 2.23. The minimum atomic E-state index is -4.88. The van der Waals surface area contributed by atoms with Gasteiger partial charge in [0.15, 0.2) is 0 Å². The van der Waals surface area contributed by atoms with Gasteiger partial charge in [0.25, 0.3) is 5.78 Å². The fraction of sp³-hybridized carbons (Fsp3) is 0.100. The molecule has 0 radical (unpaired) electrons. The monoisotopic (exact) mass is 234 g/mol. The number of hydrogen-bond donors (Lipinski definition) is 0. The SMILES string of the molecule is O=C(C=C(Cl)c1ccccc1)C(F)(F)F. The van der Waals surface area contributed by atoms with Gasteiger partial charge in [0, 0.05) is 6.08 Å². The lowest BCUT2D eigenvalue weighted by Crippen LogP contribution is -2.20. The summed E-state index contributed by atoms with van der Waals surface area (Å²) < 4.78 is 35.6. The van der Waals surface area contributed by atoms with E-state index in [9.17, 15) is 18.0 Å². The molecule has 0 saturated heterocycles. The lowest BCUT2D eigenvalue weighted by molar-refractivity contribution is -0.165. The van der Waals surface area contributed by atoms with Crippen LogP contribution in [0.3, 0.4) is 0 Å². The number of carbonyl (C=O) groups is 1. The molecule has 0 heterocycles. The minimum absolute atomic E-state index is 0.224. The van der Waals surface area contributed by atoms with Crippen molar-refractivity contribution in [2.24, 2.45) is 0 Å². The van der Waals surface area contributed by atoms with Crippen LogP contribution in [0.15, 0.2) is 36.4 Å². The number of allylic oxidation sites excluding steroid dienone is 1. The second kappa shape index (κ2) is 4.49. The second-order valence-corrected chi connectivity index (χ2v) is 3.13. The van der Waals surface area contributed by atoms with E-state index in [0.29, 0.717) is 11.6 Å². The summed E-state index contributed by atoms with van der Waals surface area (Å²) in [6, 6.07) is 7.96. The van der Waals surface area contributed by atoms with E-state index in [0.717, 1.165) is 0 Å². The number of benzene rings is 1. The lowest BCUT2D eigenvalue weighted by Gasteiger charge is -2.02. The van der Waals surface area contributed by atoms with E-state index in [1.165, 1.54) is 12.1 Å². The quantitative estimate of drug-likeness (QED) is 0.717. The summed E-state index contributed by atoms with van der Waals surface area (Å²) in [7, 11) is 0. The second-order valence-electron chi connectivity index (χ2n) is 2.72. The van der Waals surface area contributed by atoms with Crippen LogP contribution in [-0.4, -0.2) is 12.0 Å². The van der Waals surface area contributed by atoms with Gasteiger partial charge in [-0.3, -0.25) is 4.79 Å². The molecule has 0 aliphatic rings. The van der Waals surface area contributed by atoms with Crippen LogP contribution in [0.25, 0.3) is 5.03 Å². The van der Waals surface area contributed by atoms with Crippen molar-refractivity contribution in [3.8, 4) is 0 Å². The van der Waals surface area contributed by atoms with Crippen molar-refractivity contribution < 1.29 is 18.0 Å². The molecule has 0 aromatic heterocycles. The average Bonchev–Trinajstić information content (AvgIpc) is 2.17. The molecular weight excluding hydrogens is 229 g/mol. The summed E-state index contributed by atoms with van der Waals surface area (Å²) in [6.45, 7) is 0. The molecule has 1 rings (SSSR count). The molecule has 0 saturated carbocycles. The van der Waals surface area contributed by atoms with E-state index in [2.05, 4.69) is 0 Å². The third-order valence-electron chi connectivity index (χ3n) is 1.59. The van der Waals surface area contributed by atoms with Crippen LogP contribution < -0.4 is 0 Å². The predicted octanol–water partition coefficient (Wildman–Crippen LogP) is 3.40. The molecule has 0 N–H and O–H groups in total. The highest BCUT2D eigenvalue weighted by atomic mass is 35.5. The van der Waals surface area contributed by atoms with Crippen LogP contribution in [0.4, 0.5) is 13.2 Å².